The Bertz CT molecular complexity index is 409. The molecule has 1 aliphatic heterocycles. The first-order valence-electron chi connectivity index (χ1n) is 6.45. The minimum Gasteiger partial charge on any atom is -0.396 e. The average molecular weight is 253 g/mol. The molecule has 0 spiro atoms. The van der Waals surface area contributed by atoms with Crippen LogP contribution in [-0.4, -0.2) is 29.9 Å². The zero-order valence-corrected chi connectivity index (χ0v) is 10.6. The van der Waals surface area contributed by atoms with Crippen LogP contribution in [0.25, 0.3) is 0 Å². The van der Waals surface area contributed by atoms with Crippen molar-refractivity contribution in [2.24, 2.45) is 5.92 Å². The Balaban J connectivity index is 2.18. The molecule has 1 aromatic carbocycles. The molecule has 0 saturated carbocycles. The molecule has 1 saturated heterocycles. The molecule has 0 aliphatic carbocycles. The molecule has 2 atom stereocenters. The van der Waals surface area contributed by atoms with Crippen LogP contribution in [0.5, 0.6) is 0 Å². The number of rotatable bonds is 4. The van der Waals surface area contributed by atoms with Crippen molar-refractivity contribution >= 4 is 5.69 Å². The van der Waals surface area contributed by atoms with Gasteiger partial charge in [-0.25, -0.2) is 4.39 Å². The molecule has 2 unspecified atom stereocenters. The lowest BCUT2D eigenvalue weighted by molar-refractivity contribution is 0.199. The highest BCUT2D eigenvalue weighted by molar-refractivity contribution is 5.55. The van der Waals surface area contributed by atoms with Crippen LogP contribution >= 0.6 is 0 Å². The van der Waals surface area contributed by atoms with Crippen LogP contribution in [0.1, 0.15) is 31.4 Å². The van der Waals surface area contributed by atoms with Crippen LogP contribution in [0.4, 0.5) is 10.1 Å². The highest BCUT2D eigenvalue weighted by Gasteiger charge is 2.24. The van der Waals surface area contributed by atoms with E-state index in [1.54, 1.807) is 13.0 Å². The van der Waals surface area contributed by atoms with Crippen molar-refractivity contribution in [2.75, 3.05) is 24.6 Å². The number of aliphatic hydroxyl groups excluding tert-OH is 2. The third-order valence-electron chi connectivity index (χ3n) is 3.60. The average Bonchev–Trinajstić information content (AvgIpc) is 2.78. The first-order chi connectivity index (χ1) is 8.61. The van der Waals surface area contributed by atoms with Gasteiger partial charge >= 0.3 is 0 Å². The topological polar surface area (TPSA) is 43.7 Å². The predicted molar refractivity (Wildman–Crippen MR) is 69.1 cm³/mol. The van der Waals surface area contributed by atoms with Gasteiger partial charge in [0.05, 0.1) is 6.10 Å². The van der Waals surface area contributed by atoms with E-state index < -0.39 is 6.10 Å². The molecule has 100 valence electrons. The number of anilines is 1. The summed E-state index contributed by atoms with van der Waals surface area (Å²) in [6.45, 7) is 3.63. The minimum absolute atomic E-state index is 0.213. The zero-order chi connectivity index (χ0) is 13.1. The SMILES string of the molecule is CC(O)c1cc(F)ccc1N1CCC(CCO)C1. The van der Waals surface area contributed by atoms with Crippen molar-refractivity contribution < 1.29 is 14.6 Å². The summed E-state index contributed by atoms with van der Waals surface area (Å²) >= 11 is 0. The van der Waals surface area contributed by atoms with Crippen LogP contribution in [0.15, 0.2) is 18.2 Å². The fourth-order valence-electron chi connectivity index (χ4n) is 2.62. The summed E-state index contributed by atoms with van der Waals surface area (Å²) in [5.41, 5.74) is 1.55. The third kappa shape index (κ3) is 2.82. The number of benzene rings is 1. The fourth-order valence-corrected chi connectivity index (χ4v) is 2.62. The van der Waals surface area contributed by atoms with Gasteiger partial charge in [0, 0.05) is 30.9 Å². The highest BCUT2D eigenvalue weighted by atomic mass is 19.1. The second kappa shape index (κ2) is 5.67. The molecule has 0 radical (unpaired) electrons. The summed E-state index contributed by atoms with van der Waals surface area (Å²) in [5, 5.41) is 18.7. The van der Waals surface area contributed by atoms with E-state index in [4.69, 9.17) is 5.11 Å². The van der Waals surface area contributed by atoms with Gasteiger partial charge in [-0.05, 0) is 43.9 Å². The predicted octanol–water partition coefficient (Wildman–Crippen LogP) is 2.09. The Kier molecular flexibility index (Phi) is 4.19. The standard InChI is InChI=1S/C14H20FNO2/c1-10(18)13-8-12(15)2-3-14(13)16-6-4-11(9-16)5-7-17/h2-3,8,10-11,17-18H,4-7,9H2,1H3. The number of nitrogens with zero attached hydrogens (tertiary/aromatic N) is 1. The van der Waals surface area contributed by atoms with Crippen molar-refractivity contribution in [2.45, 2.75) is 25.9 Å². The highest BCUT2D eigenvalue weighted by Crippen LogP contribution is 2.32. The summed E-state index contributed by atoms with van der Waals surface area (Å²) in [6.07, 6.45) is 1.17. The van der Waals surface area contributed by atoms with Gasteiger partial charge in [0.25, 0.3) is 0 Å². The maximum Gasteiger partial charge on any atom is 0.123 e. The van der Waals surface area contributed by atoms with E-state index >= 15 is 0 Å². The smallest absolute Gasteiger partial charge is 0.123 e. The molecule has 0 aromatic heterocycles. The Labute approximate surface area is 107 Å². The van der Waals surface area contributed by atoms with E-state index in [1.807, 2.05) is 0 Å². The van der Waals surface area contributed by atoms with Gasteiger partial charge in [-0.3, -0.25) is 0 Å². The van der Waals surface area contributed by atoms with Gasteiger partial charge in [-0.15, -0.1) is 0 Å². The van der Waals surface area contributed by atoms with Crippen molar-refractivity contribution in [1.82, 2.24) is 0 Å². The van der Waals surface area contributed by atoms with Gasteiger partial charge < -0.3 is 15.1 Å². The quantitative estimate of drug-likeness (QED) is 0.863. The van der Waals surface area contributed by atoms with Crippen LogP contribution in [0.3, 0.4) is 0 Å². The Hall–Kier alpha value is -1.13. The lowest BCUT2D eigenvalue weighted by Gasteiger charge is -2.23. The Morgan fingerprint density at radius 1 is 1.50 bits per heavy atom. The van der Waals surface area contributed by atoms with E-state index in [0.29, 0.717) is 11.5 Å². The number of halogens is 1. The second-order valence-corrected chi connectivity index (χ2v) is 4.99. The lowest BCUT2D eigenvalue weighted by Crippen LogP contribution is -2.22. The second-order valence-electron chi connectivity index (χ2n) is 4.99. The van der Waals surface area contributed by atoms with Crippen molar-refractivity contribution in [1.29, 1.82) is 0 Å². The maximum atomic E-state index is 13.2. The Morgan fingerprint density at radius 3 is 2.94 bits per heavy atom. The van der Waals surface area contributed by atoms with Crippen LogP contribution in [0, 0.1) is 11.7 Å². The molecule has 3 nitrogen and oxygen atoms in total. The van der Waals surface area contributed by atoms with Gasteiger partial charge in [0.1, 0.15) is 5.82 Å². The van der Waals surface area contributed by atoms with Gasteiger partial charge in [0.15, 0.2) is 0 Å². The van der Waals surface area contributed by atoms with Crippen LogP contribution < -0.4 is 4.90 Å². The molecule has 1 fully saturated rings. The monoisotopic (exact) mass is 253 g/mol. The first-order valence-corrected chi connectivity index (χ1v) is 6.45. The van der Waals surface area contributed by atoms with Crippen LogP contribution in [-0.2, 0) is 0 Å². The maximum absolute atomic E-state index is 13.2. The van der Waals surface area contributed by atoms with E-state index in [0.717, 1.165) is 31.6 Å². The number of hydrogen-bond acceptors (Lipinski definition) is 3. The molecule has 1 heterocycles. The summed E-state index contributed by atoms with van der Waals surface area (Å²) < 4.78 is 13.2. The molecule has 18 heavy (non-hydrogen) atoms. The van der Waals surface area contributed by atoms with E-state index in [2.05, 4.69) is 4.90 Å². The minimum atomic E-state index is -0.674. The van der Waals surface area contributed by atoms with Gasteiger partial charge in [-0.1, -0.05) is 0 Å². The fraction of sp³-hybridized carbons (Fsp3) is 0.571. The summed E-state index contributed by atoms with van der Waals surface area (Å²) in [4.78, 5) is 2.17. The van der Waals surface area contributed by atoms with E-state index in [1.165, 1.54) is 12.1 Å². The van der Waals surface area contributed by atoms with Crippen LogP contribution in [0.2, 0.25) is 0 Å². The zero-order valence-electron chi connectivity index (χ0n) is 10.6. The molecule has 4 heteroatoms. The summed E-state index contributed by atoms with van der Waals surface area (Å²) in [7, 11) is 0. The number of aliphatic hydroxyl groups is 2. The molecule has 0 amide bonds. The summed E-state index contributed by atoms with van der Waals surface area (Å²) in [6, 6.07) is 4.57. The largest absolute Gasteiger partial charge is 0.396 e. The molecule has 2 rings (SSSR count). The summed E-state index contributed by atoms with van der Waals surface area (Å²) in [5.74, 6) is 0.169. The molecule has 0 bridgehead atoms. The van der Waals surface area contributed by atoms with E-state index in [-0.39, 0.29) is 12.4 Å². The van der Waals surface area contributed by atoms with E-state index in [9.17, 15) is 9.50 Å². The van der Waals surface area contributed by atoms with Crippen molar-refractivity contribution in [3.05, 3.63) is 29.6 Å². The van der Waals surface area contributed by atoms with Crippen molar-refractivity contribution in [3.8, 4) is 0 Å². The molecular formula is C14H20FNO2. The molecule has 1 aromatic rings. The van der Waals surface area contributed by atoms with Gasteiger partial charge in [-0.2, -0.15) is 0 Å². The molecule has 2 N–H and O–H groups in total. The Morgan fingerprint density at radius 2 is 2.28 bits per heavy atom. The first kappa shape index (κ1) is 13.3. The molecule has 1 aliphatic rings. The van der Waals surface area contributed by atoms with Crippen molar-refractivity contribution in [3.63, 3.8) is 0 Å². The molecular weight excluding hydrogens is 233 g/mol. The normalized spacial score (nSPS) is 21.3. The van der Waals surface area contributed by atoms with Gasteiger partial charge in [0.2, 0.25) is 0 Å². The number of hydrogen-bond donors (Lipinski definition) is 2. The lowest BCUT2D eigenvalue weighted by atomic mass is 10.1. The third-order valence-corrected chi connectivity index (χ3v) is 3.60.